The molecule has 1 rings (SSSR count). The van der Waals surface area contributed by atoms with Gasteiger partial charge in [-0.15, -0.1) is 0 Å². The van der Waals surface area contributed by atoms with Crippen LogP contribution in [0.3, 0.4) is 0 Å². The van der Waals surface area contributed by atoms with Crippen LogP contribution >= 0.6 is 0 Å². The minimum atomic E-state index is -1.21. The van der Waals surface area contributed by atoms with Crippen molar-refractivity contribution in [3.8, 4) is 0 Å². The number of likely N-dealkylation sites (tertiary alicyclic amines) is 1. The molecule has 1 heterocycles. The van der Waals surface area contributed by atoms with Crippen LogP contribution in [0.5, 0.6) is 0 Å². The summed E-state index contributed by atoms with van der Waals surface area (Å²) in [4.78, 5) is 36.0. The zero-order valence-electron chi connectivity index (χ0n) is 12.0. The third-order valence-electron chi connectivity index (χ3n) is 4.02. The maximum absolute atomic E-state index is 12.2. The van der Waals surface area contributed by atoms with Crippen molar-refractivity contribution in [1.29, 1.82) is 0 Å². The molecule has 114 valence electrons. The molecule has 0 aromatic heterocycles. The second kappa shape index (κ2) is 6.58. The maximum atomic E-state index is 12.2. The highest BCUT2D eigenvalue weighted by molar-refractivity contribution is 5.84. The molecule has 1 fully saturated rings. The molecule has 0 bridgehead atoms. The molecule has 1 saturated heterocycles. The van der Waals surface area contributed by atoms with Crippen molar-refractivity contribution < 1.29 is 24.6 Å². The summed E-state index contributed by atoms with van der Waals surface area (Å²) in [5.74, 6) is -2.43. The third kappa shape index (κ3) is 4.40. The van der Waals surface area contributed by atoms with E-state index in [1.807, 2.05) is 0 Å². The number of hydrogen-bond donors (Lipinski definition) is 2. The SMILES string of the molecule is CCC1(C)CCN(C(=O)N(CC(=O)O)CC(=O)O)CC1. The maximum Gasteiger partial charge on any atom is 0.323 e. The van der Waals surface area contributed by atoms with E-state index in [9.17, 15) is 14.4 Å². The fourth-order valence-corrected chi connectivity index (χ4v) is 2.31. The fourth-order valence-electron chi connectivity index (χ4n) is 2.31. The molecule has 0 aromatic carbocycles. The van der Waals surface area contributed by atoms with Crippen LogP contribution in [0.25, 0.3) is 0 Å². The summed E-state index contributed by atoms with van der Waals surface area (Å²) in [6.45, 7) is 4.18. The number of urea groups is 1. The van der Waals surface area contributed by atoms with Gasteiger partial charge in [-0.25, -0.2) is 4.79 Å². The van der Waals surface area contributed by atoms with Gasteiger partial charge in [-0.2, -0.15) is 0 Å². The molecule has 1 aliphatic heterocycles. The van der Waals surface area contributed by atoms with Crippen LogP contribution in [0, 0.1) is 5.41 Å². The van der Waals surface area contributed by atoms with Crippen LogP contribution in [0.2, 0.25) is 0 Å². The molecule has 7 heteroatoms. The van der Waals surface area contributed by atoms with Crippen molar-refractivity contribution in [2.24, 2.45) is 5.41 Å². The van der Waals surface area contributed by atoms with Crippen LogP contribution in [0.1, 0.15) is 33.1 Å². The molecular weight excluding hydrogens is 264 g/mol. The highest BCUT2D eigenvalue weighted by Crippen LogP contribution is 2.34. The van der Waals surface area contributed by atoms with Gasteiger partial charge >= 0.3 is 18.0 Å². The lowest BCUT2D eigenvalue weighted by Crippen LogP contribution is -2.51. The van der Waals surface area contributed by atoms with Crippen molar-refractivity contribution in [2.75, 3.05) is 26.2 Å². The number of amides is 2. The van der Waals surface area contributed by atoms with E-state index in [-0.39, 0.29) is 5.41 Å². The number of carboxylic acid groups (broad SMARTS) is 2. The van der Waals surface area contributed by atoms with E-state index < -0.39 is 31.1 Å². The molecule has 1 aliphatic rings. The fraction of sp³-hybridized carbons (Fsp3) is 0.769. The molecule has 0 aromatic rings. The van der Waals surface area contributed by atoms with Gasteiger partial charge in [0.2, 0.25) is 0 Å². The Morgan fingerprint density at radius 2 is 1.55 bits per heavy atom. The van der Waals surface area contributed by atoms with E-state index in [0.29, 0.717) is 13.1 Å². The molecule has 0 atom stereocenters. The number of rotatable bonds is 5. The van der Waals surface area contributed by atoms with Crippen molar-refractivity contribution >= 4 is 18.0 Å². The Bertz CT molecular complexity index is 372. The van der Waals surface area contributed by atoms with E-state index in [1.165, 1.54) is 0 Å². The second-order valence-corrected chi connectivity index (χ2v) is 5.58. The van der Waals surface area contributed by atoms with Gasteiger partial charge in [0.25, 0.3) is 0 Å². The molecule has 2 amide bonds. The normalized spacial score (nSPS) is 17.6. The van der Waals surface area contributed by atoms with E-state index in [2.05, 4.69) is 13.8 Å². The molecule has 0 aliphatic carbocycles. The minimum absolute atomic E-state index is 0.210. The first-order valence-electron chi connectivity index (χ1n) is 6.75. The standard InChI is InChI=1S/C13H22N2O5/c1-3-13(2)4-6-14(7-5-13)12(20)15(8-10(16)17)9-11(18)19/h3-9H2,1-2H3,(H,16,17)(H,18,19). The first-order chi connectivity index (χ1) is 9.27. The van der Waals surface area contributed by atoms with Crippen LogP contribution in [-0.4, -0.2) is 64.2 Å². The number of piperidine rings is 1. The number of carbonyl (C=O) groups is 3. The quantitative estimate of drug-likeness (QED) is 0.788. The van der Waals surface area contributed by atoms with Gasteiger partial charge in [-0.05, 0) is 18.3 Å². The number of aliphatic carboxylic acids is 2. The van der Waals surface area contributed by atoms with Crippen molar-refractivity contribution in [3.05, 3.63) is 0 Å². The summed E-state index contributed by atoms with van der Waals surface area (Å²) in [5, 5.41) is 17.5. The molecule has 0 radical (unpaired) electrons. The lowest BCUT2D eigenvalue weighted by Gasteiger charge is -2.40. The van der Waals surface area contributed by atoms with Gasteiger partial charge < -0.3 is 20.0 Å². The first-order valence-corrected chi connectivity index (χ1v) is 6.75. The Labute approximate surface area is 118 Å². The summed E-state index contributed by atoms with van der Waals surface area (Å²) >= 11 is 0. The molecule has 20 heavy (non-hydrogen) atoms. The Morgan fingerprint density at radius 1 is 1.10 bits per heavy atom. The number of hydrogen-bond acceptors (Lipinski definition) is 3. The Morgan fingerprint density at radius 3 is 1.90 bits per heavy atom. The zero-order chi connectivity index (χ0) is 15.3. The summed E-state index contributed by atoms with van der Waals surface area (Å²) in [7, 11) is 0. The highest BCUT2D eigenvalue weighted by atomic mass is 16.4. The van der Waals surface area contributed by atoms with E-state index >= 15 is 0 Å². The lowest BCUT2D eigenvalue weighted by molar-refractivity contribution is -0.140. The molecular formula is C13H22N2O5. The van der Waals surface area contributed by atoms with Crippen LogP contribution in [0.4, 0.5) is 4.79 Å². The monoisotopic (exact) mass is 286 g/mol. The molecule has 2 N–H and O–H groups in total. The number of carboxylic acids is 2. The highest BCUT2D eigenvalue weighted by Gasteiger charge is 2.33. The van der Waals surface area contributed by atoms with E-state index in [1.54, 1.807) is 4.90 Å². The summed E-state index contributed by atoms with van der Waals surface area (Å²) in [6, 6.07) is -0.507. The van der Waals surface area contributed by atoms with E-state index in [4.69, 9.17) is 10.2 Å². The number of carbonyl (C=O) groups excluding carboxylic acids is 1. The van der Waals surface area contributed by atoms with Crippen LogP contribution < -0.4 is 0 Å². The summed E-state index contributed by atoms with van der Waals surface area (Å²) in [5.41, 5.74) is 0.210. The molecule has 7 nitrogen and oxygen atoms in total. The van der Waals surface area contributed by atoms with Gasteiger partial charge in [-0.3, -0.25) is 9.59 Å². The van der Waals surface area contributed by atoms with Gasteiger partial charge in [0, 0.05) is 13.1 Å². The number of nitrogens with zero attached hydrogens (tertiary/aromatic N) is 2. The van der Waals surface area contributed by atoms with Crippen molar-refractivity contribution in [3.63, 3.8) is 0 Å². The Balaban J connectivity index is 2.66. The van der Waals surface area contributed by atoms with Gasteiger partial charge in [0.1, 0.15) is 13.1 Å². The Hall–Kier alpha value is -1.79. The summed E-state index contributed by atoms with van der Waals surface area (Å²) in [6.07, 6.45) is 2.73. The third-order valence-corrected chi connectivity index (χ3v) is 4.02. The van der Waals surface area contributed by atoms with Gasteiger partial charge in [0.05, 0.1) is 0 Å². The van der Waals surface area contributed by atoms with Crippen LogP contribution in [0.15, 0.2) is 0 Å². The predicted molar refractivity (Wildman–Crippen MR) is 71.4 cm³/mol. The predicted octanol–water partition coefficient (Wildman–Crippen LogP) is 1.09. The first kappa shape index (κ1) is 16.3. The lowest BCUT2D eigenvalue weighted by atomic mass is 9.78. The molecule has 0 saturated carbocycles. The second-order valence-electron chi connectivity index (χ2n) is 5.58. The summed E-state index contributed by atoms with van der Waals surface area (Å²) < 4.78 is 0. The molecule has 0 spiro atoms. The van der Waals surface area contributed by atoms with Crippen LogP contribution in [-0.2, 0) is 9.59 Å². The largest absolute Gasteiger partial charge is 0.480 e. The van der Waals surface area contributed by atoms with Gasteiger partial charge in [0.15, 0.2) is 0 Å². The van der Waals surface area contributed by atoms with Crippen molar-refractivity contribution in [2.45, 2.75) is 33.1 Å². The Kier molecular flexibility index (Phi) is 5.35. The average molecular weight is 286 g/mol. The van der Waals surface area contributed by atoms with Crippen molar-refractivity contribution in [1.82, 2.24) is 9.80 Å². The zero-order valence-corrected chi connectivity index (χ0v) is 12.0. The average Bonchev–Trinajstić information content (AvgIpc) is 2.37. The van der Waals surface area contributed by atoms with Gasteiger partial charge in [-0.1, -0.05) is 20.3 Å². The van der Waals surface area contributed by atoms with E-state index in [0.717, 1.165) is 24.2 Å². The topological polar surface area (TPSA) is 98.2 Å². The molecule has 0 unspecified atom stereocenters. The smallest absolute Gasteiger partial charge is 0.323 e. The minimum Gasteiger partial charge on any atom is -0.480 e.